The Labute approximate surface area is 162 Å². The van der Waals surface area contributed by atoms with E-state index >= 15 is 0 Å². The molecule has 144 valence electrons. The Morgan fingerprint density at radius 2 is 1.74 bits per heavy atom. The van der Waals surface area contributed by atoms with Gasteiger partial charge in [0, 0.05) is 12.5 Å². The van der Waals surface area contributed by atoms with E-state index in [0.717, 1.165) is 44.6 Å². The van der Waals surface area contributed by atoms with Crippen LogP contribution in [0.2, 0.25) is 0 Å². The number of hydrogen-bond donors (Lipinski definition) is 1. The molecular formula is C23H30N2O2. The first kappa shape index (κ1) is 19.4. The van der Waals surface area contributed by atoms with E-state index in [9.17, 15) is 4.79 Å². The van der Waals surface area contributed by atoms with Crippen molar-refractivity contribution in [2.24, 2.45) is 5.92 Å². The summed E-state index contributed by atoms with van der Waals surface area (Å²) in [4.78, 5) is 14.8. The lowest BCUT2D eigenvalue weighted by atomic mass is 9.95. The highest BCUT2D eigenvalue weighted by Crippen LogP contribution is 2.19. The monoisotopic (exact) mass is 366 g/mol. The Morgan fingerprint density at radius 1 is 1.04 bits per heavy atom. The zero-order valence-corrected chi connectivity index (χ0v) is 16.2. The summed E-state index contributed by atoms with van der Waals surface area (Å²) in [5.41, 5.74) is 2.64. The number of ether oxygens (including phenoxy) is 1. The van der Waals surface area contributed by atoms with Gasteiger partial charge in [0.05, 0.1) is 6.54 Å². The number of nitrogens with zero attached hydrogens (tertiary/aromatic N) is 1. The lowest BCUT2D eigenvalue weighted by Crippen LogP contribution is -2.41. The zero-order valence-electron chi connectivity index (χ0n) is 16.2. The summed E-state index contributed by atoms with van der Waals surface area (Å²) in [6.07, 6.45) is 2.89. The molecule has 1 N–H and O–H groups in total. The second kappa shape index (κ2) is 10.1. The van der Waals surface area contributed by atoms with E-state index in [2.05, 4.69) is 53.5 Å². The standard InChI is InChI=1S/C23H30N2O2/c1-2-19-8-10-22(11-9-19)27-17-14-24-23(26)21-12-15-25(16-13-21)18-20-6-4-3-5-7-20/h3-11,21H,2,12-18H2,1H3,(H,24,26). The Kier molecular flexibility index (Phi) is 7.28. The molecule has 1 aliphatic heterocycles. The second-order valence-corrected chi connectivity index (χ2v) is 7.17. The summed E-state index contributed by atoms with van der Waals surface area (Å²) in [5.74, 6) is 1.15. The minimum Gasteiger partial charge on any atom is -0.492 e. The molecule has 4 nitrogen and oxygen atoms in total. The Hall–Kier alpha value is -2.33. The van der Waals surface area contributed by atoms with Crippen LogP contribution in [0, 0.1) is 5.92 Å². The van der Waals surface area contributed by atoms with Gasteiger partial charge in [0.1, 0.15) is 12.4 Å². The Morgan fingerprint density at radius 3 is 2.41 bits per heavy atom. The van der Waals surface area contributed by atoms with E-state index in [1.807, 2.05) is 18.2 Å². The molecule has 4 heteroatoms. The minimum atomic E-state index is 0.126. The molecule has 0 saturated carbocycles. The molecule has 0 spiro atoms. The van der Waals surface area contributed by atoms with Gasteiger partial charge in [0.25, 0.3) is 0 Å². The van der Waals surface area contributed by atoms with Crippen molar-refractivity contribution in [1.29, 1.82) is 0 Å². The van der Waals surface area contributed by atoms with Crippen molar-refractivity contribution in [2.45, 2.75) is 32.7 Å². The number of piperidine rings is 1. The normalized spacial score (nSPS) is 15.4. The molecule has 0 atom stereocenters. The van der Waals surface area contributed by atoms with Gasteiger partial charge in [-0.1, -0.05) is 49.4 Å². The third kappa shape index (κ3) is 6.10. The van der Waals surface area contributed by atoms with Crippen molar-refractivity contribution in [3.63, 3.8) is 0 Å². The van der Waals surface area contributed by atoms with Crippen LogP contribution in [-0.2, 0) is 17.8 Å². The number of hydrogen-bond acceptors (Lipinski definition) is 3. The van der Waals surface area contributed by atoms with Crippen LogP contribution in [0.5, 0.6) is 5.75 Å². The average molecular weight is 367 g/mol. The van der Waals surface area contributed by atoms with Crippen molar-refractivity contribution in [3.05, 3.63) is 65.7 Å². The third-order valence-corrected chi connectivity index (χ3v) is 5.21. The van der Waals surface area contributed by atoms with Gasteiger partial charge < -0.3 is 10.1 Å². The number of benzene rings is 2. The lowest BCUT2D eigenvalue weighted by Gasteiger charge is -2.31. The maximum absolute atomic E-state index is 12.4. The highest BCUT2D eigenvalue weighted by atomic mass is 16.5. The summed E-state index contributed by atoms with van der Waals surface area (Å²) in [5, 5.41) is 3.03. The fraction of sp³-hybridized carbons (Fsp3) is 0.435. The van der Waals surface area contributed by atoms with E-state index in [0.29, 0.717) is 13.2 Å². The first-order valence-corrected chi connectivity index (χ1v) is 10.0. The summed E-state index contributed by atoms with van der Waals surface area (Å²) >= 11 is 0. The third-order valence-electron chi connectivity index (χ3n) is 5.21. The number of carbonyl (C=O) groups excluding carboxylic acids is 1. The van der Waals surface area contributed by atoms with Gasteiger partial charge in [0.2, 0.25) is 5.91 Å². The van der Waals surface area contributed by atoms with Crippen LogP contribution in [0.25, 0.3) is 0 Å². The van der Waals surface area contributed by atoms with Crippen LogP contribution in [0.1, 0.15) is 30.9 Å². The number of carbonyl (C=O) groups is 1. The van der Waals surface area contributed by atoms with Gasteiger partial charge in [-0.05, 0) is 55.6 Å². The molecular weight excluding hydrogens is 336 g/mol. The van der Waals surface area contributed by atoms with Gasteiger partial charge in [-0.2, -0.15) is 0 Å². The predicted molar refractivity (Wildman–Crippen MR) is 109 cm³/mol. The summed E-state index contributed by atoms with van der Waals surface area (Å²) in [7, 11) is 0. The van der Waals surface area contributed by atoms with E-state index in [4.69, 9.17) is 4.74 Å². The van der Waals surface area contributed by atoms with E-state index in [1.54, 1.807) is 0 Å². The summed E-state index contributed by atoms with van der Waals surface area (Å²) < 4.78 is 5.70. The molecule has 0 bridgehead atoms. The molecule has 3 rings (SSSR count). The van der Waals surface area contributed by atoms with Crippen LogP contribution in [0.15, 0.2) is 54.6 Å². The zero-order chi connectivity index (χ0) is 18.9. The average Bonchev–Trinajstić information content (AvgIpc) is 2.73. The maximum Gasteiger partial charge on any atom is 0.223 e. The van der Waals surface area contributed by atoms with Gasteiger partial charge in [0.15, 0.2) is 0 Å². The predicted octanol–water partition coefficient (Wildman–Crippen LogP) is 3.66. The summed E-state index contributed by atoms with van der Waals surface area (Å²) in [6, 6.07) is 18.7. The molecule has 1 amide bonds. The van der Waals surface area contributed by atoms with Gasteiger partial charge in [-0.3, -0.25) is 9.69 Å². The molecule has 27 heavy (non-hydrogen) atoms. The summed E-state index contributed by atoms with van der Waals surface area (Å²) in [6.45, 7) is 6.13. The Balaban J connectivity index is 1.32. The van der Waals surface area contributed by atoms with Crippen molar-refractivity contribution in [1.82, 2.24) is 10.2 Å². The van der Waals surface area contributed by atoms with Crippen molar-refractivity contribution in [2.75, 3.05) is 26.2 Å². The lowest BCUT2D eigenvalue weighted by molar-refractivity contribution is -0.126. The van der Waals surface area contributed by atoms with Crippen LogP contribution < -0.4 is 10.1 Å². The molecule has 2 aromatic rings. The number of nitrogens with one attached hydrogen (secondary N) is 1. The van der Waals surface area contributed by atoms with E-state index in [1.165, 1.54) is 11.1 Å². The van der Waals surface area contributed by atoms with Crippen molar-refractivity contribution >= 4 is 5.91 Å². The fourth-order valence-electron chi connectivity index (χ4n) is 3.50. The smallest absolute Gasteiger partial charge is 0.223 e. The van der Waals surface area contributed by atoms with E-state index < -0.39 is 0 Å². The highest BCUT2D eigenvalue weighted by Gasteiger charge is 2.24. The molecule has 0 unspecified atom stereocenters. The minimum absolute atomic E-state index is 0.126. The Bertz CT molecular complexity index is 692. The molecule has 1 saturated heterocycles. The molecule has 1 heterocycles. The SMILES string of the molecule is CCc1ccc(OCCNC(=O)C2CCN(Cc3ccccc3)CC2)cc1. The molecule has 0 aliphatic carbocycles. The second-order valence-electron chi connectivity index (χ2n) is 7.17. The molecule has 0 radical (unpaired) electrons. The first-order valence-electron chi connectivity index (χ1n) is 10.0. The largest absolute Gasteiger partial charge is 0.492 e. The number of likely N-dealkylation sites (tertiary alicyclic amines) is 1. The molecule has 2 aromatic carbocycles. The molecule has 0 aromatic heterocycles. The fourth-order valence-corrected chi connectivity index (χ4v) is 3.50. The topological polar surface area (TPSA) is 41.6 Å². The highest BCUT2D eigenvalue weighted by molar-refractivity contribution is 5.78. The number of aryl methyl sites for hydroxylation is 1. The first-order chi connectivity index (χ1) is 13.2. The van der Waals surface area contributed by atoms with Crippen LogP contribution in [0.4, 0.5) is 0 Å². The van der Waals surface area contributed by atoms with Crippen LogP contribution in [-0.4, -0.2) is 37.0 Å². The van der Waals surface area contributed by atoms with E-state index in [-0.39, 0.29) is 11.8 Å². The number of rotatable bonds is 8. The van der Waals surface area contributed by atoms with Crippen molar-refractivity contribution in [3.8, 4) is 5.75 Å². The van der Waals surface area contributed by atoms with Gasteiger partial charge in [-0.15, -0.1) is 0 Å². The van der Waals surface area contributed by atoms with Crippen molar-refractivity contribution < 1.29 is 9.53 Å². The number of amides is 1. The molecule has 1 fully saturated rings. The van der Waals surface area contributed by atoms with Gasteiger partial charge in [-0.25, -0.2) is 0 Å². The van der Waals surface area contributed by atoms with Gasteiger partial charge >= 0.3 is 0 Å². The maximum atomic E-state index is 12.4. The van der Waals surface area contributed by atoms with Crippen LogP contribution in [0.3, 0.4) is 0 Å². The van der Waals surface area contributed by atoms with Crippen LogP contribution >= 0.6 is 0 Å². The molecule has 1 aliphatic rings. The quantitative estimate of drug-likeness (QED) is 0.725.